The number of rotatable bonds is 2. The second-order valence-electron chi connectivity index (χ2n) is 3.10. The molecule has 74 valence electrons. The lowest BCUT2D eigenvalue weighted by Gasteiger charge is -1.98. The third-order valence-corrected chi connectivity index (χ3v) is 2.25. The molecule has 2 aromatic rings. The molecule has 0 aliphatic rings. The Morgan fingerprint density at radius 3 is 2.86 bits per heavy atom. The monoisotopic (exact) mass is 210 g/mol. The van der Waals surface area contributed by atoms with Crippen LogP contribution in [0.25, 0.3) is 0 Å². The van der Waals surface area contributed by atoms with Crippen LogP contribution in [0, 0.1) is 18.6 Å². The number of aromatic nitrogens is 4. The average molecular weight is 210 g/mol. The van der Waals surface area contributed by atoms with Crippen molar-refractivity contribution in [2.24, 2.45) is 0 Å². The molecule has 2 rings (SSSR count). The summed E-state index contributed by atoms with van der Waals surface area (Å²) in [7, 11) is 0. The Balaban J connectivity index is 2.31. The van der Waals surface area contributed by atoms with E-state index in [0.717, 1.165) is 17.3 Å². The number of H-pyrrole nitrogens is 1. The molecule has 2 aromatic heterocycles. The van der Waals surface area contributed by atoms with E-state index in [0.29, 0.717) is 11.3 Å². The predicted molar refractivity (Wildman–Crippen MR) is 52.5 cm³/mol. The maximum absolute atomic E-state index is 5.09. The zero-order valence-electron chi connectivity index (χ0n) is 7.94. The van der Waals surface area contributed by atoms with E-state index in [1.54, 1.807) is 0 Å². The first-order valence-electron chi connectivity index (χ1n) is 4.21. The molecule has 2 heterocycles. The summed E-state index contributed by atoms with van der Waals surface area (Å²) >= 11 is 5.06. The third-order valence-electron chi connectivity index (χ3n) is 1.94. The largest absolute Gasteiger partial charge is 0.359 e. The van der Waals surface area contributed by atoms with E-state index in [2.05, 4.69) is 15.4 Å². The summed E-state index contributed by atoms with van der Waals surface area (Å²) in [6.45, 7) is 4.34. The molecular formula is C8H10N4OS. The van der Waals surface area contributed by atoms with Crippen molar-refractivity contribution in [3.63, 3.8) is 0 Å². The summed E-state index contributed by atoms with van der Waals surface area (Å²) in [5.74, 6) is 1.62. The fourth-order valence-electron chi connectivity index (χ4n) is 1.23. The van der Waals surface area contributed by atoms with Crippen molar-refractivity contribution >= 4 is 12.2 Å². The van der Waals surface area contributed by atoms with E-state index in [1.807, 2.05) is 24.5 Å². The maximum atomic E-state index is 5.09. The van der Waals surface area contributed by atoms with E-state index in [1.165, 1.54) is 0 Å². The van der Waals surface area contributed by atoms with Crippen molar-refractivity contribution in [3.05, 3.63) is 28.1 Å². The van der Waals surface area contributed by atoms with E-state index < -0.39 is 0 Å². The van der Waals surface area contributed by atoms with E-state index in [-0.39, 0.29) is 0 Å². The highest BCUT2D eigenvalue weighted by atomic mass is 32.1. The third kappa shape index (κ3) is 1.60. The molecule has 0 spiro atoms. The van der Waals surface area contributed by atoms with E-state index in [9.17, 15) is 0 Å². The van der Waals surface area contributed by atoms with Gasteiger partial charge in [0.25, 0.3) is 0 Å². The molecule has 14 heavy (non-hydrogen) atoms. The van der Waals surface area contributed by atoms with Crippen LogP contribution in [0.4, 0.5) is 0 Å². The fraction of sp³-hybridized carbons (Fsp3) is 0.375. The Morgan fingerprint density at radius 2 is 2.36 bits per heavy atom. The SMILES string of the molecule is Cc1cc(Cn2c(C)n[nH]c2=S)on1. The molecular weight excluding hydrogens is 200 g/mol. The first kappa shape index (κ1) is 9.14. The minimum Gasteiger partial charge on any atom is -0.359 e. The lowest BCUT2D eigenvalue weighted by Crippen LogP contribution is -2.01. The summed E-state index contributed by atoms with van der Waals surface area (Å²) in [6.07, 6.45) is 0. The molecule has 0 bridgehead atoms. The summed E-state index contributed by atoms with van der Waals surface area (Å²) < 4.78 is 7.54. The van der Waals surface area contributed by atoms with Gasteiger partial charge in [-0.15, -0.1) is 0 Å². The van der Waals surface area contributed by atoms with Gasteiger partial charge in [-0.1, -0.05) is 5.16 Å². The van der Waals surface area contributed by atoms with Crippen LogP contribution < -0.4 is 0 Å². The summed E-state index contributed by atoms with van der Waals surface area (Å²) in [6, 6.07) is 1.88. The smallest absolute Gasteiger partial charge is 0.195 e. The number of hydrogen-bond donors (Lipinski definition) is 1. The van der Waals surface area contributed by atoms with Crippen molar-refractivity contribution < 1.29 is 4.52 Å². The number of nitrogens with zero attached hydrogens (tertiary/aromatic N) is 3. The van der Waals surface area contributed by atoms with Gasteiger partial charge in [0.1, 0.15) is 5.82 Å². The van der Waals surface area contributed by atoms with Gasteiger partial charge in [0, 0.05) is 6.07 Å². The Kier molecular flexibility index (Phi) is 2.20. The Hall–Kier alpha value is -1.43. The molecule has 5 nitrogen and oxygen atoms in total. The quantitative estimate of drug-likeness (QED) is 0.765. The molecule has 0 aliphatic heterocycles. The predicted octanol–water partition coefficient (Wildman–Crippen LogP) is 1.59. The molecule has 0 radical (unpaired) electrons. The standard InChI is InChI=1S/C8H10N4OS/c1-5-3-7(13-11-5)4-12-6(2)9-10-8(12)14/h3H,4H2,1-2H3,(H,10,14). The normalized spacial score (nSPS) is 10.7. The van der Waals surface area contributed by atoms with E-state index in [4.69, 9.17) is 16.7 Å². The lowest BCUT2D eigenvalue weighted by atomic mass is 10.4. The first-order valence-corrected chi connectivity index (χ1v) is 4.61. The van der Waals surface area contributed by atoms with Crippen LogP contribution in [0.5, 0.6) is 0 Å². The van der Waals surface area contributed by atoms with Gasteiger partial charge >= 0.3 is 0 Å². The highest BCUT2D eigenvalue weighted by Gasteiger charge is 2.05. The molecule has 0 aliphatic carbocycles. The fourth-order valence-corrected chi connectivity index (χ4v) is 1.47. The first-order chi connectivity index (χ1) is 6.66. The molecule has 0 fully saturated rings. The summed E-state index contributed by atoms with van der Waals surface area (Å²) in [4.78, 5) is 0. The minimum atomic E-state index is 0.571. The van der Waals surface area contributed by atoms with Crippen molar-refractivity contribution in [2.45, 2.75) is 20.4 Å². The average Bonchev–Trinajstić information content (AvgIpc) is 2.67. The van der Waals surface area contributed by atoms with Gasteiger partial charge in [-0.25, -0.2) is 0 Å². The number of aryl methyl sites for hydroxylation is 2. The van der Waals surface area contributed by atoms with Crippen molar-refractivity contribution in [2.75, 3.05) is 0 Å². The van der Waals surface area contributed by atoms with Crippen LogP contribution in [0.2, 0.25) is 0 Å². The molecule has 0 saturated carbocycles. The molecule has 0 amide bonds. The van der Waals surface area contributed by atoms with Gasteiger partial charge < -0.3 is 4.52 Å². The van der Waals surface area contributed by atoms with Crippen molar-refractivity contribution in [1.82, 2.24) is 19.9 Å². The van der Waals surface area contributed by atoms with Crippen LogP contribution in [-0.2, 0) is 6.54 Å². The molecule has 6 heteroatoms. The Labute approximate surface area is 85.7 Å². The minimum absolute atomic E-state index is 0.571. The summed E-state index contributed by atoms with van der Waals surface area (Å²) in [5.41, 5.74) is 0.868. The molecule has 0 atom stereocenters. The van der Waals surface area contributed by atoms with Crippen LogP contribution in [-0.4, -0.2) is 19.9 Å². The van der Waals surface area contributed by atoms with Gasteiger partial charge in [-0.2, -0.15) is 5.10 Å². The van der Waals surface area contributed by atoms with Gasteiger partial charge in [0.05, 0.1) is 12.2 Å². The Bertz CT molecular complexity index is 495. The molecule has 0 unspecified atom stereocenters. The number of hydrogen-bond acceptors (Lipinski definition) is 4. The van der Waals surface area contributed by atoms with Gasteiger partial charge in [-0.05, 0) is 26.1 Å². The molecule has 0 aromatic carbocycles. The van der Waals surface area contributed by atoms with Gasteiger partial charge in [0.15, 0.2) is 10.5 Å². The van der Waals surface area contributed by atoms with Crippen LogP contribution in [0.1, 0.15) is 17.3 Å². The van der Waals surface area contributed by atoms with Crippen LogP contribution in [0.15, 0.2) is 10.6 Å². The zero-order valence-corrected chi connectivity index (χ0v) is 8.76. The highest BCUT2D eigenvalue weighted by molar-refractivity contribution is 7.71. The van der Waals surface area contributed by atoms with Crippen LogP contribution >= 0.6 is 12.2 Å². The topological polar surface area (TPSA) is 59.6 Å². The number of nitrogens with one attached hydrogen (secondary N) is 1. The van der Waals surface area contributed by atoms with Gasteiger partial charge in [-0.3, -0.25) is 9.67 Å². The van der Waals surface area contributed by atoms with Crippen LogP contribution in [0.3, 0.4) is 0 Å². The molecule has 1 N–H and O–H groups in total. The van der Waals surface area contributed by atoms with Crippen molar-refractivity contribution in [3.8, 4) is 0 Å². The zero-order chi connectivity index (χ0) is 10.1. The van der Waals surface area contributed by atoms with Gasteiger partial charge in [0.2, 0.25) is 0 Å². The lowest BCUT2D eigenvalue weighted by molar-refractivity contribution is 0.371. The highest BCUT2D eigenvalue weighted by Crippen LogP contribution is 2.06. The second-order valence-corrected chi connectivity index (χ2v) is 3.48. The van der Waals surface area contributed by atoms with Crippen molar-refractivity contribution in [1.29, 1.82) is 0 Å². The second kappa shape index (κ2) is 3.38. The number of aromatic amines is 1. The maximum Gasteiger partial charge on any atom is 0.195 e. The van der Waals surface area contributed by atoms with E-state index >= 15 is 0 Å². The molecule has 0 saturated heterocycles. The Morgan fingerprint density at radius 1 is 1.57 bits per heavy atom. The summed E-state index contributed by atoms with van der Waals surface area (Å²) in [5, 5.41) is 10.5.